The van der Waals surface area contributed by atoms with Crippen molar-refractivity contribution < 1.29 is 4.84 Å². The van der Waals surface area contributed by atoms with Gasteiger partial charge in [0.05, 0.1) is 6.61 Å². The topological polar surface area (TPSA) is 21.3 Å². The Kier molecular flexibility index (Phi) is 13.8. The second-order valence-electron chi connectivity index (χ2n) is 6.40. The van der Waals surface area contributed by atoms with E-state index in [0.717, 1.165) is 13.2 Å². The molecule has 0 radical (unpaired) electrons. The fourth-order valence-corrected chi connectivity index (χ4v) is 2.99. The molecule has 0 atom stereocenters. The van der Waals surface area contributed by atoms with Crippen LogP contribution < -0.4 is 5.48 Å². The van der Waals surface area contributed by atoms with Crippen molar-refractivity contribution in [2.75, 3.05) is 13.2 Å². The standard InChI is InChI=1S/C18H37NO/c1-2-4-6-8-10-12-14-16-18-20-19-17-15-13-11-9-7-5-3-1/h19H,1-18H2. The summed E-state index contributed by atoms with van der Waals surface area (Å²) >= 11 is 0. The van der Waals surface area contributed by atoms with Crippen LogP contribution in [0.5, 0.6) is 0 Å². The highest BCUT2D eigenvalue weighted by molar-refractivity contribution is 4.51. The molecule has 1 saturated heterocycles. The van der Waals surface area contributed by atoms with Crippen LogP contribution >= 0.6 is 0 Å². The van der Waals surface area contributed by atoms with E-state index in [1.807, 2.05) is 0 Å². The lowest BCUT2D eigenvalue weighted by Gasteiger charge is -2.07. The van der Waals surface area contributed by atoms with E-state index in [-0.39, 0.29) is 0 Å². The molecule has 2 heteroatoms. The van der Waals surface area contributed by atoms with Crippen LogP contribution in [0.1, 0.15) is 103 Å². The smallest absolute Gasteiger partial charge is 0.0682 e. The highest BCUT2D eigenvalue weighted by Crippen LogP contribution is 2.13. The summed E-state index contributed by atoms with van der Waals surface area (Å²) in [6, 6.07) is 0. The second-order valence-corrected chi connectivity index (χ2v) is 6.40. The lowest BCUT2D eigenvalue weighted by atomic mass is 10.0. The van der Waals surface area contributed by atoms with E-state index in [9.17, 15) is 0 Å². The van der Waals surface area contributed by atoms with Gasteiger partial charge in [0.25, 0.3) is 0 Å². The Balaban J connectivity index is 2.00. The molecule has 0 aromatic rings. The van der Waals surface area contributed by atoms with Crippen molar-refractivity contribution in [3.05, 3.63) is 0 Å². The number of hydrogen-bond acceptors (Lipinski definition) is 2. The van der Waals surface area contributed by atoms with Gasteiger partial charge in [-0.3, -0.25) is 0 Å². The summed E-state index contributed by atoms with van der Waals surface area (Å²) in [6.45, 7) is 1.92. The van der Waals surface area contributed by atoms with Crippen LogP contribution in [0.4, 0.5) is 0 Å². The highest BCUT2D eigenvalue weighted by Gasteiger charge is 1.96. The van der Waals surface area contributed by atoms with Crippen molar-refractivity contribution in [2.45, 2.75) is 103 Å². The summed E-state index contributed by atoms with van der Waals surface area (Å²) in [7, 11) is 0. The molecule has 0 aliphatic carbocycles. The van der Waals surface area contributed by atoms with Crippen molar-refractivity contribution in [1.29, 1.82) is 0 Å². The van der Waals surface area contributed by atoms with Gasteiger partial charge in [0.1, 0.15) is 0 Å². The first-order valence-electron chi connectivity index (χ1n) is 9.35. The number of hydroxylamine groups is 1. The first-order chi connectivity index (χ1) is 10.0. The summed E-state index contributed by atoms with van der Waals surface area (Å²) < 4.78 is 0. The molecule has 0 saturated carbocycles. The molecule has 0 amide bonds. The van der Waals surface area contributed by atoms with Gasteiger partial charge in [0, 0.05) is 6.54 Å². The van der Waals surface area contributed by atoms with Gasteiger partial charge in [-0.25, -0.2) is 5.48 Å². The monoisotopic (exact) mass is 283 g/mol. The molecule has 1 heterocycles. The van der Waals surface area contributed by atoms with Gasteiger partial charge in [0.15, 0.2) is 0 Å². The molecule has 0 bridgehead atoms. The Hall–Kier alpha value is -0.0800. The van der Waals surface area contributed by atoms with E-state index in [1.54, 1.807) is 0 Å². The van der Waals surface area contributed by atoms with Gasteiger partial charge in [-0.05, 0) is 12.8 Å². The van der Waals surface area contributed by atoms with E-state index in [0.29, 0.717) is 0 Å². The number of hydrogen-bond donors (Lipinski definition) is 1. The molecule has 1 aliphatic rings. The van der Waals surface area contributed by atoms with Gasteiger partial charge in [-0.2, -0.15) is 0 Å². The molecular formula is C18H37NO. The van der Waals surface area contributed by atoms with Crippen LogP contribution in [0.15, 0.2) is 0 Å². The highest BCUT2D eigenvalue weighted by atomic mass is 16.6. The van der Waals surface area contributed by atoms with Crippen LogP contribution in [0.3, 0.4) is 0 Å². The average Bonchev–Trinajstić information content (AvgIpc) is 2.46. The van der Waals surface area contributed by atoms with Crippen molar-refractivity contribution in [2.24, 2.45) is 0 Å². The van der Waals surface area contributed by atoms with Crippen LogP contribution in [0.25, 0.3) is 0 Å². The van der Waals surface area contributed by atoms with Gasteiger partial charge in [-0.15, -0.1) is 0 Å². The van der Waals surface area contributed by atoms with Gasteiger partial charge >= 0.3 is 0 Å². The van der Waals surface area contributed by atoms with Crippen molar-refractivity contribution in [1.82, 2.24) is 5.48 Å². The molecule has 20 heavy (non-hydrogen) atoms. The Morgan fingerprint density at radius 3 is 1.20 bits per heavy atom. The first kappa shape index (κ1) is 18.0. The first-order valence-corrected chi connectivity index (χ1v) is 9.35. The predicted octanol–water partition coefficient (Wildman–Crippen LogP) is 5.76. The summed E-state index contributed by atoms with van der Waals surface area (Å²) in [5.41, 5.74) is 3.11. The minimum atomic E-state index is 0.889. The maximum Gasteiger partial charge on any atom is 0.0682 e. The summed E-state index contributed by atoms with van der Waals surface area (Å²) in [4.78, 5) is 5.47. The van der Waals surface area contributed by atoms with Crippen LogP contribution in [0, 0.1) is 0 Å². The quantitative estimate of drug-likeness (QED) is 0.610. The molecule has 120 valence electrons. The van der Waals surface area contributed by atoms with Crippen LogP contribution in [0.2, 0.25) is 0 Å². The third kappa shape index (κ3) is 12.9. The third-order valence-corrected chi connectivity index (χ3v) is 4.38. The molecule has 0 unspecified atom stereocenters. The van der Waals surface area contributed by atoms with E-state index in [1.165, 1.54) is 103 Å². The van der Waals surface area contributed by atoms with Crippen molar-refractivity contribution in [3.8, 4) is 0 Å². The molecule has 1 rings (SSSR count). The zero-order valence-corrected chi connectivity index (χ0v) is 13.6. The Morgan fingerprint density at radius 1 is 0.400 bits per heavy atom. The van der Waals surface area contributed by atoms with E-state index < -0.39 is 0 Å². The molecule has 2 nitrogen and oxygen atoms in total. The fraction of sp³-hybridized carbons (Fsp3) is 1.00. The van der Waals surface area contributed by atoms with Gasteiger partial charge < -0.3 is 4.84 Å². The summed E-state index contributed by atoms with van der Waals surface area (Å²) in [5.74, 6) is 0. The largest absolute Gasteiger partial charge is 0.302 e. The van der Waals surface area contributed by atoms with Crippen molar-refractivity contribution in [3.63, 3.8) is 0 Å². The Bertz CT molecular complexity index is 97.8. The normalized spacial score (nSPS) is 24.0. The molecule has 0 spiro atoms. The van der Waals surface area contributed by atoms with Crippen molar-refractivity contribution >= 4 is 0 Å². The summed E-state index contributed by atoms with van der Waals surface area (Å²) in [6.07, 6.45) is 22.5. The molecule has 0 aromatic carbocycles. The molecule has 1 N–H and O–H groups in total. The minimum Gasteiger partial charge on any atom is -0.302 e. The van der Waals surface area contributed by atoms with Gasteiger partial charge in [0.2, 0.25) is 0 Å². The third-order valence-electron chi connectivity index (χ3n) is 4.38. The molecule has 1 fully saturated rings. The van der Waals surface area contributed by atoms with E-state index in [2.05, 4.69) is 5.48 Å². The maximum absolute atomic E-state index is 5.47. The Labute approximate surface area is 127 Å². The predicted molar refractivity (Wildman–Crippen MR) is 87.8 cm³/mol. The van der Waals surface area contributed by atoms with Crippen LogP contribution in [-0.2, 0) is 4.84 Å². The lowest BCUT2D eigenvalue weighted by Crippen LogP contribution is -2.16. The molecule has 0 aromatic heterocycles. The number of nitrogens with one attached hydrogen (secondary N) is 1. The minimum absolute atomic E-state index is 0.889. The lowest BCUT2D eigenvalue weighted by molar-refractivity contribution is 0.0376. The Morgan fingerprint density at radius 2 is 0.750 bits per heavy atom. The van der Waals surface area contributed by atoms with Crippen LogP contribution in [-0.4, -0.2) is 13.2 Å². The summed E-state index contributed by atoms with van der Waals surface area (Å²) in [5, 5.41) is 0. The fourth-order valence-electron chi connectivity index (χ4n) is 2.99. The number of rotatable bonds is 0. The zero-order chi connectivity index (χ0) is 14.1. The SMILES string of the molecule is C1CCCCCCCCCONCCCCCCCC1. The second kappa shape index (κ2) is 15.3. The van der Waals surface area contributed by atoms with Gasteiger partial charge in [-0.1, -0.05) is 89.9 Å². The zero-order valence-electron chi connectivity index (χ0n) is 13.6. The maximum atomic E-state index is 5.47. The molecular weight excluding hydrogens is 246 g/mol. The average molecular weight is 284 g/mol. The van der Waals surface area contributed by atoms with E-state index >= 15 is 0 Å². The molecule has 1 aliphatic heterocycles. The van der Waals surface area contributed by atoms with E-state index in [4.69, 9.17) is 4.84 Å².